The minimum Gasteiger partial charge on any atom is -0.508 e. The van der Waals surface area contributed by atoms with Crippen molar-refractivity contribution >= 4 is 18.1 Å². The second-order valence-corrected chi connectivity index (χ2v) is 4.89. The second kappa shape index (κ2) is 8.43. The largest absolute Gasteiger partial charge is 0.508 e. The first-order chi connectivity index (χ1) is 11.6. The number of hydrogen-bond donors (Lipinski definition) is 2. The molecule has 124 valence electrons. The maximum atomic E-state index is 11.6. The molecule has 0 spiro atoms. The van der Waals surface area contributed by atoms with Crippen molar-refractivity contribution in [3.05, 3.63) is 65.7 Å². The van der Waals surface area contributed by atoms with Crippen LogP contribution in [0.3, 0.4) is 0 Å². The molecule has 2 rings (SSSR count). The third kappa shape index (κ3) is 5.21. The Balaban J connectivity index is 1.82. The lowest BCUT2D eigenvalue weighted by Crippen LogP contribution is -1.99. The number of aromatic hydroxyl groups is 2. The summed E-state index contributed by atoms with van der Waals surface area (Å²) in [6.45, 7) is 0.127. The van der Waals surface area contributed by atoms with Crippen molar-refractivity contribution in [2.24, 2.45) is 0 Å². The van der Waals surface area contributed by atoms with Gasteiger partial charge < -0.3 is 19.7 Å². The Hall–Kier alpha value is -3.21. The SMILES string of the molecule is COc1cc(C=CCOC(=O)C=Cc2ccc(O)cc2)ccc1O. The van der Waals surface area contributed by atoms with Crippen molar-refractivity contribution in [2.75, 3.05) is 13.7 Å². The quantitative estimate of drug-likeness (QED) is 0.629. The van der Waals surface area contributed by atoms with Crippen LogP contribution >= 0.6 is 0 Å². The zero-order chi connectivity index (χ0) is 17.4. The van der Waals surface area contributed by atoms with E-state index in [9.17, 15) is 15.0 Å². The van der Waals surface area contributed by atoms with Crippen molar-refractivity contribution in [3.8, 4) is 17.2 Å². The molecule has 2 aromatic carbocycles. The van der Waals surface area contributed by atoms with E-state index in [-0.39, 0.29) is 18.1 Å². The van der Waals surface area contributed by atoms with Crippen LogP contribution in [0.4, 0.5) is 0 Å². The third-order valence-corrected chi connectivity index (χ3v) is 3.14. The number of benzene rings is 2. The van der Waals surface area contributed by atoms with Gasteiger partial charge in [0.15, 0.2) is 11.5 Å². The molecular weight excluding hydrogens is 308 g/mol. The fourth-order valence-electron chi connectivity index (χ4n) is 1.91. The molecule has 0 aliphatic heterocycles. The van der Waals surface area contributed by atoms with Gasteiger partial charge in [-0.2, -0.15) is 0 Å². The number of ether oxygens (including phenoxy) is 2. The Bertz CT molecular complexity index is 745. The summed E-state index contributed by atoms with van der Waals surface area (Å²) in [7, 11) is 1.48. The second-order valence-electron chi connectivity index (χ2n) is 4.89. The molecule has 5 heteroatoms. The van der Waals surface area contributed by atoms with E-state index in [4.69, 9.17) is 9.47 Å². The molecule has 0 saturated carbocycles. The fourth-order valence-corrected chi connectivity index (χ4v) is 1.91. The van der Waals surface area contributed by atoms with Gasteiger partial charge in [-0.15, -0.1) is 0 Å². The first-order valence-corrected chi connectivity index (χ1v) is 7.26. The van der Waals surface area contributed by atoms with Crippen LogP contribution in [0.2, 0.25) is 0 Å². The van der Waals surface area contributed by atoms with Crippen LogP contribution in [0.15, 0.2) is 54.6 Å². The smallest absolute Gasteiger partial charge is 0.331 e. The molecule has 0 saturated heterocycles. The topological polar surface area (TPSA) is 76.0 Å². The zero-order valence-corrected chi connectivity index (χ0v) is 13.2. The van der Waals surface area contributed by atoms with E-state index in [1.807, 2.05) is 0 Å². The number of phenolic OH excluding ortho intramolecular Hbond substituents is 2. The average Bonchev–Trinajstić information content (AvgIpc) is 2.59. The number of esters is 1. The van der Waals surface area contributed by atoms with Gasteiger partial charge in [0.2, 0.25) is 0 Å². The molecular formula is C19H18O5. The summed E-state index contributed by atoms with van der Waals surface area (Å²) in [5, 5.41) is 18.7. The molecule has 0 aliphatic carbocycles. The minimum atomic E-state index is -0.462. The molecule has 5 nitrogen and oxygen atoms in total. The highest BCUT2D eigenvalue weighted by molar-refractivity contribution is 5.87. The van der Waals surface area contributed by atoms with Gasteiger partial charge >= 0.3 is 5.97 Å². The third-order valence-electron chi connectivity index (χ3n) is 3.14. The molecule has 0 aromatic heterocycles. The monoisotopic (exact) mass is 326 g/mol. The molecule has 2 N–H and O–H groups in total. The summed E-state index contributed by atoms with van der Waals surface area (Å²) in [5.74, 6) is 0.160. The Labute approximate surface area is 140 Å². The fraction of sp³-hybridized carbons (Fsp3) is 0.105. The molecule has 2 aromatic rings. The molecule has 0 aliphatic rings. The van der Waals surface area contributed by atoms with Crippen molar-refractivity contribution in [1.82, 2.24) is 0 Å². The summed E-state index contributed by atoms with van der Waals surface area (Å²) in [6, 6.07) is 11.4. The van der Waals surface area contributed by atoms with E-state index in [0.717, 1.165) is 11.1 Å². The molecule has 0 radical (unpaired) electrons. The van der Waals surface area contributed by atoms with E-state index in [1.165, 1.54) is 19.3 Å². The van der Waals surface area contributed by atoms with Gasteiger partial charge in [-0.05, 0) is 47.5 Å². The first kappa shape index (κ1) is 17.1. The van der Waals surface area contributed by atoms with Crippen molar-refractivity contribution < 1.29 is 24.5 Å². The maximum Gasteiger partial charge on any atom is 0.331 e. The van der Waals surface area contributed by atoms with Gasteiger partial charge in [-0.1, -0.05) is 24.3 Å². The lowest BCUT2D eigenvalue weighted by Gasteiger charge is -2.03. The predicted octanol–water partition coefficient (Wildman–Crippen LogP) is 3.38. The Morgan fingerprint density at radius 1 is 1.04 bits per heavy atom. The van der Waals surface area contributed by atoms with Crippen LogP contribution in [0.5, 0.6) is 17.2 Å². The molecule has 0 unspecified atom stereocenters. The number of carbonyl (C=O) groups excluding carboxylic acids is 1. The Morgan fingerprint density at radius 2 is 1.75 bits per heavy atom. The van der Waals surface area contributed by atoms with Crippen LogP contribution in [-0.4, -0.2) is 29.9 Å². The van der Waals surface area contributed by atoms with Gasteiger partial charge in [-0.25, -0.2) is 4.79 Å². The molecule has 0 bridgehead atoms. The molecule has 0 atom stereocenters. The highest BCUT2D eigenvalue weighted by Crippen LogP contribution is 2.26. The average molecular weight is 326 g/mol. The van der Waals surface area contributed by atoms with Crippen LogP contribution in [0.25, 0.3) is 12.2 Å². The van der Waals surface area contributed by atoms with E-state index >= 15 is 0 Å². The lowest BCUT2D eigenvalue weighted by molar-refractivity contribution is -0.136. The number of phenols is 2. The first-order valence-electron chi connectivity index (χ1n) is 7.26. The van der Waals surface area contributed by atoms with Gasteiger partial charge in [0, 0.05) is 6.08 Å². The van der Waals surface area contributed by atoms with Gasteiger partial charge in [0.1, 0.15) is 12.4 Å². The Kier molecular flexibility index (Phi) is 6.02. The Morgan fingerprint density at radius 3 is 2.46 bits per heavy atom. The zero-order valence-electron chi connectivity index (χ0n) is 13.2. The summed E-state index contributed by atoms with van der Waals surface area (Å²) in [6.07, 6.45) is 6.39. The van der Waals surface area contributed by atoms with Crippen LogP contribution in [0, 0.1) is 0 Å². The minimum absolute atomic E-state index is 0.0699. The van der Waals surface area contributed by atoms with Crippen LogP contribution < -0.4 is 4.74 Å². The number of carbonyl (C=O) groups is 1. The van der Waals surface area contributed by atoms with Crippen molar-refractivity contribution in [3.63, 3.8) is 0 Å². The molecule has 0 heterocycles. The van der Waals surface area contributed by atoms with Gasteiger partial charge in [-0.3, -0.25) is 0 Å². The highest BCUT2D eigenvalue weighted by Gasteiger charge is 2.00. The standard InChI is InChI=1S/C19H18O5/c1-23-18-13-15(6-10-17(18)21)3-2-12-24-19(22)11-7-14-4-8-16(20)9-5-14/h2-11,13,20-21H,12H2,1H3. The molecule has 24 heavy (non-hydrogen) atoms. The number of rotatable bonds is 6. The molecule has 0 amide bonds. The van der Waals surface area contributed by atoms with E-state index in [0.29, 0.717) is 5.75 Å². The summed E-state index contributed by atoms with van der Waals surface area (Å²) < 4.78 is 10.1. The maximum absolute atomic E-state index is 11.6. The van der Waals surface area contributed by atoms with E-state index < -0.39 is 5.97 Å². The van der Waals surface area contributed by atoms with Crippen LogP contribution in [-0.2, 0) is 9.53 Å². The predicted molar refractivity (Wildman–Crippen MR) is 91.8 cm³/mol. The highest BCUT2D eigenvalue weighted by atomic mass is 16.5. The van der Waals surface area contributed by atoms with Gasteiger partial charge in [0.25, 0.3) is 0 Å². The van der Waals surface area contributed by atoms with E-state index in [2.05, 4.69) is 0 Å². The summed E-state index contributed by atoms with van der Waals surface area (Å²) >= 11 is 0. The van der Waals surface area contributed by atoms with Gasteiger partial charge in [0.05, 0.1) is 7.11 Å². The van der Waals surface area contributed by atoms with Crippen LogP contribution in [0.1, 0.15) is 11.1 Å². The van der Waals surface area contributed by atoms with E-state index in [1.54, 1.807) is 54.6 Å². The number of hydrogen-bond acceptors (Lipinski definition) is 5. The van der Waals surface area contributed by atoms with Crippen molar-refractivity contribution in [1.29, 1.82) is 0 Å². The number of methoxy groups -OCH3 is 1. The summed E-state index contributed by atoms with van der Waals surface area (Å²) in [5.41, 5.74) is 1.61. The normalized spacial score (nSPS) is 11.0. The summed E-state index contributed by atoms with van der Waals surface area (Å²) in [4.78, 5) is 11.6. The lowest BCUT2D eigenvalue weighted by atomic mass is 10.2. The molecule has 0 fully saturated rings. The van der Waals surface area contributed by atoms with Crippen molar-refractivity contribution in [2.45, 2.75) is 0 Å².